The Hall–Kier alpha value is -1.84. The van der Waals surface area contributed by atoms with Gasteiger partial charge in [0.15, 0.2) is 6.61 Å². The third kappa shape index (κ3) is 1.38. The highest BCUT2D eigenvalue weighted by Crippen LogP contribution is 2.33. The van der Waals surface area contributed by atoms with Crippen LogP contribution in [0.4, 0.5) is 0 Å². The molecular formula is C12H11NO3. The number of hydrogen-bond donors (Lipinski definition) is 0. The summed E-state index contributed by atoms with van der Waals surface area (Å²) < 4.78 is 5.41. The first kappa shape index (κ1) is 9.39. The van der Waals surface area contributed by atoms with Crippen LogP contribution in [-0.2, 0) is 12.8 Å². The van der Waals surface area contributed by atoms with Crippen LogP contribution in [0.3, 0.4) is 0 Å². The molecule has 0 N–H and O–H groups in total. The van der Waals surface area contributed by atoms with Gasteiger partial charge in [0.1, 0.15) is 5.75 Å². The molecule has 2 aliphatic rings. The van der Waals surface area contributed by atoms with E-state index in [2.05, 4.69) is 0 Å². The molecule has 0 unspecified atom stereocenters. The van der Waals surface area contributed by atoms with Gasteiger partial charge in [-0.3, -0.25) is 10.1 Å². The van der Waals surface area contributed by atoms with Crippen LogP contribution in [0.25, 0.3) is 6.08 Å². The Labute approximate surface area is 92.7 Å². The third-order valence-corrected chi connectivity index (χ3v) is 3.16. The van der Waals surface area contributed by atoms with Crippen molar-refractivity contribution in [2.45, 2.75) is 19.3 Å². The molecule has 0 saturated carbocycles. The van der Waals surface area contributed by atoms with E-state index in [1.54, 1.807) is 6.08 Å². The normalized spacial score (nSPS) is 17.1. The smallest absolute Gasteiger partial charge is 0.284 e. The summed E-state index contributed by atoms with van der Waals surface area (Å²) in [7, 11) is 0. The third-order valence-electron chi connectivity index (χ3n) is 3.16. The number of ether oxygens (including phenoxy) is 1. The summed E-state index contributed by atoms with van der Waals surface area (Å²) in [5, 5.41) is 10.7. The first-order valence-electron chi connectivity index (χ1n) is 5.37. The number of aryl methyl sites for hydroxylation is 2. The molecule has 1 heterocycles. The van der Waals surface area contributed by atoms with E-state index in [9.17, 15) is 10.1 Å². The molecule has 1 aromatic rings. The van der Waals surface area contributed by atoms with Crippen molar-refractivity contribution in [3.8, 4) is 5.75 Å². The largest absolute Gasteiger partial charge is 0.482 e. The van der Waals surface area contributed by atoms with Crippen LogP contribution in [-0.4, -0.2) is 11.5 Å². The molecule has 0 amide bonds. The van der Waals surface area contributed by atoms with Crippen molar-refractivity contribution in [3.05, 3.63) is 44.6 Å². The second-order valence-electron chi connectivity index (χ2n) is 4.19. The van der Waals surface area contributed by atoms with Crippen LogP contribution < -0.4 is 4.74 Å². The molecule has 1 aliphatic heterocycles. The molecule has 0 bridgehead atoms. The van der Waals surface area contributed by atoms with E-state index >= 15 is 0 Å². The van der Waals surface area contributed by atoms with Gasteiger partial charge in [0.05, 0.1) is 4.92 Å². The molecule has 1 aromatic carbocycles. The highest BCUT2D eigenvalue weighted by molar-refractivity contribution is 5.63. The lowest BCUT2D eigenvalue weighted by Crippen LogP contribution is -2.13. The first-order valence-corrected chi connectivity index (χ1v) is 5.37. The second-order valence-corrected chi connectivity index (χ2v) is 4.19. The lowest BCUT2D eigenvalue weighted by Gasteiger charge is -2.15. The number of rotatable bonds is 1. The summed E-state index contributed by atoms with van der Waals surface area (Å²) in [6, 6.07) is 4.06. The van der Waals surface area contributed by atoms with Gasteiger partial charge < -0.3 is 4.74 Å². The molecule has 16 heavy (non-hydrogen) atoms. The standard InChI is InChI=1S/C12H11NO3/c14-13(15)11-5-10-4-8-2-1-3-9(8)6-12(10)16-7-11/h4-6H,1-3,7H2. The van der Waals surface area contributed by atoms with E-state index in [0.717, 1.165) is 24.2 Å². The van der Waals surface area contributed by atoms with E-state index in [4.69, 9.17) is 4.74 Å². The monoisotopic (exact) mass is 217 g/mol. The van der Waals surface area contributed by atoms with Crippen LogP contribution in [0, 0.1) is 10.1 Å². The average molecular weight is 217 g/mol. The Morgan fingerprint density at radius 2 is 2.00 bits per heavy atom. The van der Waals surface area contributed by atoms with Gasteiger partial charge in [-0.05, 0) is 42.5 Å². The molecule has 0 saturated heterocycles. The van der Waals surface area contributed by atoms with Crippen molar-refractivity contribution in [2.75, 3.05) is 6.61 Å². The molecule has 4 nitrogen and oxygen atoms in total. The van der Waals surface area contributed by atoms with Crippen LogP contribution in [0.15, 0.2) is 17.8 Å². The topological polar surface area (TPSA) is 52.4 Å². The molecule has 0 atom stereocenters. The zero-order valence-electron chi connectivity index (χ0n) is 8.73. The van der Waals surface area contributed by atoms with E-state index in [1.165, 1.54) is 17.5 Å². The van der Waals surface area contributed by atoms with Gasteiger partial charge in [-0.1, -0.05) is 0 Å². The Kier molecular flexibility index (Phi) is 1.96. The maximum atomic E-state index is 10.7. The van der Waals surface area contributed by atoms with Gasteiger partial charge in [0, 0.05) is 11.6 Å². The first-order chi connectivity index (χ1) is 7.74. The van der Waals surface area contributed by atoms with Crippen molar-refractivity contribution in [1.29, 1.82) is 0 Å². The van der Waals surface area contributed by atoms with Gasteiger partial charge in [-0.2, -0.15) is 0 Å². The lowest BCUT2D eigenvalue weighted by atomic mass is 10.0. The average Bonchev–Trinajstić information content (AvgIpc) is 2.71. The summed E-state index contributed by atoms with van der Waals surface area (Å²) in [5.74, 6) is 0.784. The lowest BCUT2D eigenvalue weighted by molar-refractivity contribution is -0.427. The molecule has 0 fully saturated rings. The van der Waals surface area contributed by atoms with Crippen molar-refractivity contribution in [3.63, 3.8) is 0 Å². The maximum absolute atomic E-state index is 10.7. The highest BCUT2D eigenvalue weighted by atomic mass is 16.6. The van der Waals surface area contributed by atoms with E-state index in [0.29, 0.717) is 0 Å². The Morgan fingerprint density at radius 3 is 2.75 bits per heavy atom. The quantitative estimate of drug-likeness (QED) is 0.535. The minimum atomic E-state index is -0.379. The van der Waals surface area contributed by atoms with Crippen LogP contribution in [0.2, 0.25) is 0 Å². The predicted octanol–water partition coefficient (Wildman–Crippen LogP) is 2.19. The van der Waals surface area contributed by atoms with Crippen molar-refractivity contribution in [1.82, 2.24) is 0 Å². The second kappa shape index (κ2) is 3.33. The van der Waals surface area contributed by atoms with Gasteiger partial charge in [-0.25, -0.2) is 0 Å². The number of benzene rings is 1. The van der Waals surface area contributed by atoms with Gasteiger partial charge >= 0.3 is 0 Å². The van der Waals surface area contributed by atoms with Gasteiger partial charge in [0.2, 0.25) is 0 Å². The summed E-state index contributed by atoms with van der Waals surface area (Å²) in [5.41, 5.74) is 3.61. The molecule has 0 radical (unpaired) electrons. The summed E-state index contributed by atoms with van der Waals surface area (Å²) >= 11 is 0. The van der Waals surface area contributed by atoms with Crippen LogP contribution in [0.5, 0.6) is 5.75 Å². The highest BCUT2D eigenvalue weighted by Gasteiger charge is 2.22. The minimum Gasteiger partial charge on any atom is -0.482 e. The Bertz CT molecular complexity index is 505. The fourth-order valence-electron chi connectivity index (χ4n) is 2.34. The zero-order valence-corrected chi connectivity index (χ0v) is 8.73. The van der Waals surface area contributed by atoms with Crippen LogP contribution >= 0.6 is 0 Å². The zero-order chi connectivity index (χ0) is 11.1. The van der Waals surface area contributed by atoms with E-state index < -0.39 is 0 Å². The van der Waals surface area contributed by atoms with Crippen molar-refractivity contribution in [2.24, 2.45) is 0 Å². The number of fused-ring (bicyclic) bond motifs is 2. The molecule has 82 valence electrons. The van der Waals surface area contributed by atoms with Crippen LogP contribution in [0.1, 0.15) is 23.1 Å². The molecule has 4 heteroatoms. The molecule has 0 aromatic heterocycles. The maximum Gasteiger partial charge on any atom is 0.284 e. The van der Waals surface area contributed by atoms with Crippen molar-refractivity contribution >= 4 is 6.08 Å². The fourth-order valence-corrected chi connectivity index (χ4v) is 2.34. The van der Waals surface area contributed by atoms with Crippen molar-refractivity contribution < 1.29 is 9.66 Å². The molecule has 3 rings (SSSR count). The Balaban J connectivity index is 2.09. The fraction of sp³-hybridized carbons (Fsp3) is 0.333. The minimum absolute atomic E-state index is 0.0682. The molecule has 1 aliphatic carbocycles. The number of nitro groups is 1. The summed E-state index contributed by atoms with van der Waals surface area (Å²) in [4.78, 5) is 10.3. The Morgan fingerprint density at radius 1 is 1.25 bits per heavy atom. The molecule has 0 spiro atoms. The molecular weight excluding hydrogens is 206 g/mol. The van der Waals surface area contributed by atoms with E-state index in [1.807, 2.05) is 12.1 Å². The van der Waals surface area contributed by atoms with E-state index in [-0.39, 0.29) is 17.2 Å². The number of nitrogens with zero attached hydrogens (tertiary/aromatic N) is 1. The SMILES string of the molecule is O=[N+]([O-])C1=Cc2cc3c(cc2OC1)CCC3. The summed E-state index contributed by atoms with van der Waals surface area (Å²) in [6.45, 7) is 0.0682. The number of hydrogen-bond acceptors (Lipinski definition) is 3. The van der Waals surface area contributed by atoms with Gasteiger partial charge in [0.25, 0.3) is 5.70 Å². The van der Waals surface area contributed by atoms with Gasteiger partial charge in [-0.15, -0.1) is 0 Å². The summed E-state index contributed by atoms with van der Waals surface area (Å²) in [6.07, 6.45) is 4.96. The predicted molar refractivity (Wildman–Crippen MR) is 58.9 cm³/mol.